The number of nitriles is 1. The first-order chi connectivity index (χ1) is 13.7. The third-order valence-corrected chi connectivity index (χ3v) is 5.84. The molecule has 0 bridgehead atoms. The second-order valence-corrected chi connectivity index (χ2v) is 8.44. The first-order valence-electron chi connectivity index (χ1n) is 9.07. The zero-order chi connectivity index (χ0) is 20.8. The third-order valence-electron chi connectivity index (χ3n) is 5.04. The number of amides is 1. The molecule has 29 heavy (non-hydrogen) atoms. The molecule has 0 unspecified atom stereocenters. The highest BCUT2D eigenvalue weighted by Crippen LogP contribution is 2.49. The van der Waals surface area contributed by atoms with Gasteiger partial charge in [0.2, 0.25) is 11.9 Å². The molecular weight excluding hydrogens is 400 g/mol. The Labute approximate surface area is 170 Å². The summed E-state index contributed by atoms with van der Waals surface area (Å²) in [6.45, 7) is 4.40. The zero-order valence-corrected chi connectivity index (χ0v) is 16.7. The van der Waals surface area contributed by atoms with Crippen LogP contribution in [0.1, 0.15) is 24.1 Å². The van der Waals surface area contributed by atoms with E-state index >= 15 is 0 Å². The summed E-state index contributed by atoms with van der Waals surface area (Å²) in [5.41, 5.74) is 0.886. The van der Waals surface area contributed by atoms with Gasteiger partial charge < -0.3 is 15.5 Å². The van der Waals surface area contributed by atoms with Crippen molar-refractivity contribution in [3.63, 3.8) is 0 Å². The first kappa shape index (κ1) is 19.4. The Morgan fingerprint density at radius 3 is 2.76 bits per heavy atom. The molecule has 0 radical (unpaired) electrons. The molecule has 3 heterocycles. The van der Waals surface area contributed by atoms with Gasteiger partial charge in [-0.1, -0.05) is 0 Å². The average molecular weight is 419 g/mol. The maximum absolute atomic E-state index is 13.2. The van der Waals surface area contributed by atoms with Crippen LogP contribution in [0.2, 0.25) is 0 Å². The second kappa shape index (κ2) is 6.88. The van der Waals surface area contributed by atoms with Crippen LogP contribution < -0.4 is 15.5 Å². The van der Waals surface area contributed by atoms with Gasteiger partial charge in [-0.05, 0) is 31.4 Å². The predicted molar refractivity (Wildman–Crippen MR) is 103 cm³/mol. The number of hydrogen-bond acceptors (Lipinski definition) is 8. The fraction of sp³-hybridized carbons (Fsp3) is 0.500. The zero-order valence-electron chi connectivity index (χ0n) is 15.9. The van der Waals surface area contributed by atoms with E-state index < -0.39 is 29.7 Å². The lowest BCUT2D eigenvalue weighted by molar-refractivity contribution is -0.126. The molecule has 1 saturated heterocycles. The Kier molecular flexibility index (Phi) is 4.61. The number of carbonyl (C=O) groups excluding carboxylic acids is 1. The minimum absolute atomic E-state index is 0.0446. The molecule has 8 nitrogen and oxygen atoms in total. The van der Waals surface area contributed by atoms with Gasteiger partial charge in [0, 0.05) is 31.3 Å². The second-order valence-electron chi connectivity index (χ2n) is 7.64. The summed E-state index contributed by atoms with van der Waals surface area (Å²) in [7, 11) is 0. The van der Waals surface area contributed by atoms with Gasteiger partial charge in [0.25, 0.3) is 5.92 Å². The van der Waals surface area contributed by atoms with E-state index in [9.17, 15) is 13.6 Å². The van der Waals surface area contributed by atoms with E-state index in [0.717, 1.165) is 16.3 Å². The van der Waals surface area contributed by atoms with Gasteiger partial charge in [0.15, 0.2) is 0 Å². The number of nitrogens with zero attached hydrogens (tertiary/aromatic N) is 5. The fourth-order valence-corrected chi connectivity index (χ4v) is 4.07. The van der Waals surface area contributed by atoms with Crippen LogP contribution in [0.4, 0.5) is 25.5 Å². The smallest absolute Gasteiger partial charge is 0.260 e. The van der Waals surface area contributed by atoms with E-state index in [4.69, 9.17) is 5.26 Å². The number of carbonyl (C=O) groups is 1. The number of aromatic nitrogens is 3. The summed E-state index contributed by atoms with van der Waals surface area (Å²) in [6, 6.07) is 3.94. The number of aryl methyl sites for hydroxylation is 2. The monoisotopic (exact) mass is 419 g/mol. The highest BCUT2D eigenvalue weighted by molar-refractivity contribution is 7.10. The lowest BCUT2D eigenvalue weighted by atomic mass is 9.86. The summed E-state index contributed by atoms with van der Waals surface area (Å²) < 4.78 is 30.6. The molecule has 1 aliphatic heterocycles. The van der Waals surface area contributed by atoms with E-state index in [1.807, 2.05) is 30.9 Å². The number of alkyl halides is 2. The molecule has 2 N–H and O–H groups in total. The van der Waals surface area contributed by atoms with Crippen LogP contribution in [0.25, 0.3) is 0 Å². The first-order valence-corrected chi connectivity index (χ1v) is 9.84. The van der Waals surface area contributed by atoms with Gasteiger partial charge in [-0.25, -0.2) is 13.8 Å². The van der Waals surface area contributed by atoms with Gasteiger partial charge >= 0.3 is 0 Å². The lowest BCUT2D eigenvalue weighted by Crippen LogP contribution is -2.71. The third kappa shape index (κ3) is 3.85. The Balaban J connectivity index is 1.46. The molecule has 4 rings (SSSR count). The molecule has 152 valence electrons. The molecule has 0 spiro atoms. The number of rotatable bonds is 6. The van der Waals surface area contributed by atoms with Crippen LogP contribution in [0.5, 0.6) is 0 Å². The molecule has 11 heteroatoms. The number of nitrogens with one attached hydrogen (secondary N) is 2. The minimum atomic E-state index is -2.93. The molecule has 0 aromatic carbocycles. The van der Waals surface area contributed by atoms with E-state index in [1.165, 1.54) is 11.5 Å². The molecule has 2 aromatic heterocycles. The van der Waals surface area contributed by atoms with Gasteiger partial charge in [0.05, 0.1) is 23.7 Å². The van der Waals surface area contributed by atoms with E-state index in [0.29, 0.717) is 24.9 Å². The Hall–Kier alpha value is -2.87. The maximum atomic E-state index is 13.2. The molecular formula is C18H19F2N7OS. The van der Waals surface area contributed by atoms with E-state index in [-0.39, 0.29) is 6.42 Å². The van der Waals surface area contributed by atoms with Crippen molar-refractivity contribution in [2.45, 2.75) is 38.2 Å². The van der Waals surface area contributed by atoms with Gasteiger partial charge in [-0.3, -0.25) is 4.79 Å². The SMILES string of the molecule is Cc1cc(Nc2ncc(C)c(N3CC(CC#N)(NC(=O)[C@@H]4CC4(F)F)C3)n2)sn1. The molecule has 1 saturated carbocycles. The van der Waals surface area contributed by atoms with Crippen LogP contribution in [0.3, 0.4) is 0 Å². The largest absolute Gasteiger partial charge is 0.351 e. The molecule has 2 aliphatic rings. The van der Waals surface area contributed by atoms with E-state index in [1.54, 1.807) is 6.20 Å². The lowest BCUT2D eigenvalue weighted by Gasteiger charge is -2.50. The van der Waals surface area contributed by atoms with Crippen molar-refractivity contribution in [2.24, 2.45) is 5.92 Å². The molecule has 1 aliphatic carbocycles. The summed E-state index contributed by atoms with van der Waals surface area (Å²) in [5, 5.41) is 15.8. The van der Waals surface area contributed by atoms with Gasteiger partial charge in [-0.2, -0.15) is 14.6 Å². The number of halogens is 2. The van der Waals surface area contributed by atoms with Crippen molar-refractivity contribution < 1.29 is 13.6 Å². The summed E-state index contributed by atoms with van der Waals surface area (Å²) in [5.74, 6) is -3.82. The quantitative estimate of drug-likeness (QED) is 0.741. The summed E-state index contributed by atoms with van der Waals surface area (Å²) in [4.78, 5) is 22.8. The highest BCUT2D eigenvalue weighted by Gasteiger charge is 2.62. The summed E-state index contributed by atoms with van der Waals surface area (Å²) in [6.07, 6.45) is 1.30. The topological polar surface area (TPSA) is 107 Å². The van der Waals surface area contributed by atoms with Crippen molar-refractivity contribution >= 4 is 34.2 Å². The van der Waals surface area contributed by atoms with Gasteiger partial charge in [-0.15, -0.1) is 0 Å². The highest BCUT2D eigenvalue weighted by atomic mass is 32.1. The van der Waals surface area contributed by atoms with Crippen LogP contribution >= 0.6 is 11.5 Å². The van der Waals surface area contributed by atoms with Crippen molar-refractivity contribution in [1.29, 1.82) is 5.26 Å². The Morgan fingerprint density at radius 2 is 2.17 bits per heavy atom. The Morgan fingerprint density at radius 1 is 1.45 bits per heavy atom. The normalized spacial score (nSPS) is 21.1. The van der Waals surface area contributed by atoms with Crippen LogP contribution in [0.15, 0.2) is 12.3 Å². The van der Waals surface area contributed by atoms with Crippen molar-refractivity contribution in [3.05, 3.63) is 23.5 Å². The van der Waals surface area contributed by atoms with Crippen molar-refractivity contribution in [2.75, 3.05) is 23.3 Å². The van der Waals surface area contributed by atoms with Crippen LogP contribution in [0, 0.1) is 31.1 Å². The molecule has 2 aromatic rings. The molecule has 1 atom stereocenters. The Bertz CT molecular complexity index is 996. The summed E-state index contributed by atoms with van der Waals surface area (Å²) >= 11 is 1.30. The predicted octanol–water partition coefficient (Wildman–Crippen LogP) is 2.54. The number of hydrogen-bond donors (Lipinski definition) is 2. The average Bonchev–Trinajstić information content (AvgIpc) is 3.08. The molecule has 1 amide bonds. The van der Waals surface area contributed by atoms with E-state index in [2.05, 4.69) is 25.0 Å². The van der Waals surface area contributed by atoms with Crippen molar-refractivity contribution in [3.8, 4) is 6.07 Å². The van der Waals surface area contributed by atoms with Crippen molar-refractivity contribution in [1.82, 2.24) is 19.7 Å². The minimum Gasteiger partial charge on any atom is -0.351 e. The molecule has 2 fully saturated rings. The van der Waals surface area contributed by atoms with Crippen LogP contribution in [-0.2, 0) is 4.79 Å². The van der Waals surface area contributed by atoms with Crippen LogP contribution in [-0.4, -0.2) is 44.8 Å². The van der Waals surface area contributed by atoms with Gasteiger partial charge in [0.1, 0.15) is 16.7 Å². The fourth-order valence-electron chi connectivity index (χ4n) is 3.41. The standard InChI is InChI=1S/C18H19F2N7OS/c1-10-7-22-16(23-13-5-11(2)26-29-13)24-14(10)27-8-17(9-27,3-4-21)25-15(28)12-6-18(12,19)20/h5,7,12H,3,6,8-9H2,1-2H3,(H,25,28)(H,22,23,24)/t12-/m0/s1. The maximum Gasteiger partial charge on any atom is 0.260 e. The number of anilines is 3.